The van der Waals surface area contributed by atoms with Crippen LogP contribution in [0.25, 0.3) is 0 Å². The Morgan fingerprint density at radius 3 is 2.75 bits per heavy atom. The lowest BCUT2D eigenvalue weighted by Gasteiger charge is -2.16. The summed E-state index contributed by atoms with van der Waals surface area (Å²) in [7, 11) is 0. The van der Waals surface area contributed by atoms with Gasteiger partial charge in [-0.1, -0.05) is 6.92 Å². The molecular formula is C8H14ClNOS. The van der Waals surface area contributed by atoms with Gasteiger partial charge in [0.1, 0.15) is 5.38 Å². The van der Waals surface area contributed by atoms with Crippen molar-refractivity contribution in [2.75, 3.05) is 11.5 Å². The van der Waals surface area contributed by atoms with Crippen molar-refractivity contribution in [2.45, 2.75) is 25.3 Å². The first-order chi connectivity index (χ1) is 5.61. The molecule has 1 saturated heterocycles. The molecule has 1 fully saturated rings. The Morgan fingerprint density at radius 1 is 1.67 bits per heavy atom. The fraction of sp³-hybridized carbons (Fsp3) is 0.875. The predicted octanol–water partition coefficient (Wildman–Crippen LogP) is 1.48. The molecule has 4 heteroatoms. The summed E-state index contributed by atoms with van der Waals surface area (Å²) in [5.41, 5.74) is 0. The summed E-state index contributed by atoms with van der Waals surface area (Å²) < 4.78 is 0. The van der Waals surface area contributed by atoms with Gasteiger partial charge in [-0.25, -0.2) is 0 Å². The summed E-state index contributed by atoms with van der Waals surface area (Å²) >= 11 is 7.52. The average Bonchev–Trinajstić information content (AvgIpc) is 2.36. The number of nitrogens with one attached hydrogen (secondary N) is 1. The van der Waals surface area contributed by atoms with Gasteiger partial charge in [0.15, 0.2) is 0 Å². The summed E-state index contributed by atoms with van der Waals surface area (Å²) in [6.07, 6.45) is 0. The number of hydrogen-bond acceptors (Lipinski definition) is 2. The summed E-state index contributed by atoms with van der Waals surface area (Å²) in [6, 6.07) is 0.323. The molecule has 70 valence electrons. The van der Waals surface area contributed by atoms with Crippen LogP contribution in [0, 0.1) is 5.92 Å². The molecule has 0 aromatic heterocycles. The van der Waals surface area contributed by atoms with Gasteiger partial charge in [0.25, 0.3) is 0 Å². The molecule has 0 spiro atoms. The third kappa shape index (κ3) is 2.56. The highest BCUT2D eigenvalue weighted by atomic mass is 35.5. The highest BCUT2D eigenvalue weighted by Crippen LogP contribution is 2.23. The minimum atomic E-state index is -0.414. The van der Waals surface area contributed by atoms with Crippen molar-refractivity contribution >= 4 is 29.3 Å². The molecular weight excluding hydrogens is 194 g/mol. The van der Waals surface area contributed by atoms with E-state index in [0.29, 0.717) is 12.0 Å². The Hall–Kier alpha value is 0.110. The fourth-order valence-electron chi connectivity index (χ4n) is 1.14. The van der Waals surface area contributed by atoms with Gasteiger partial charge in [0, 0.05) is 11.8 Å². The summed E-state index contributed by atoms with van der Waals surface area (Å²) in [6.45, 7) is 3.85. The first kappa shape index (κ1) is 10.2. The van der Waals surface area contributed by atoms with Crippen molar-refractivity contribution in [3.8, 4) is 0 Å². The maximum absolute atomic E-state index is 11.2. The van der Waals surface area contributed by atoms with E-state index in [-0.39, 0.29) is 5.91 Å². The van der Waals surface area contributed by atoms with E-state index in [4.69, 9.17) is 11.6 Å². The highest BCUT2D eigenvalue weighted by molar-refractivity contribution is 7.99. The van der Waals surface area contributed by atoms with Gasteiger partial charge in [-0.3, -0.25) is 4.79 Å². The molecule has 0 saturated carbocycles. The molecule has 1 amide bonds. The van der Waals surface area contributed by atoms with Crippen LogP contribution in [0.5, 0.6) is 0 Å². The van der Waals surface area contributed by atoms with Crippen LogP contribution in [-0.2, 0) is 4.79 Å². The normalized spacial score (nSPS) is 31.6. The average molecular weight is 208 g/mol. The largest absolute Gasteiger partial charge is 0.351 e. The Bertz CT molecular complexity index is 174. The molecule has 1 rings (SSSR count). The third-order valence-corrected chi connectivity index (χ3v) is 3.61. The van der Waals surface area contributed by atoms with Gasteiger partial charge < -0.3 is 5.32 Å². The number of carbonyl (C=O) groups is 1. The van der Waals surface area contributed by atoms with Gasteiger partial charge in [0.05, 0.1) is 0 Å². The van der Waals surface area contributed by atoms with Crippen LogP contribution in [0.4, 0.5) is 0 Å². The molecule has 1 aliphatic rings. The van der Waals surface area contributed by atoms with Crippen LogP contribution in [0.2, 0.25) is 0 Å². The number of amides is 1. The van der Waals surface area contributed by atoms with Gasteiger partial charge >= 0.3 is 0 Å². The van der Waals surface area contributed by atoms with Crippen molar-refractivity contribution in [3.05, 3.63) is 0 Å². The molecule has 0 aromatic carbocycles. The summed E-state index contributed by atoms with van der Waals surface area (Å²) in [5, 5.41) is 2.52. The summed E-state index contributed by atoms with van der Waals surface area (Å²) in [5.74, 6) is 2.70. The minimum Gasteiger partial charge on any atom is -0.351 e. The lowest BCUT2D eigenvalue weighted by atomic mass is 10.1. The van der Waals surface area contributed by atoms with Crippen LogP contribution < -0.4 is 5.32 Å². The van der Waals surface area contributed by atoms with Gasteiger partial charge in [-0.2, -0.15) is 11.8 Å². The summed E-state index contributed by atoms with van der Waals surface area (Å²) in [4.78, 5) is 11.2. The number of alkyl halides is 1. The van der Waals surface area contributed by atoms with Crippen molar-refractivity contribution in [2.24, 2.45) is 5.92 Å². The number of halogens is 1. The number of hydrogen-bond donors (Lipinski definition) is 1. The smallest absolute Gasteiger partial charge is 0.238 e. The van der Waals surface area contributed by atoms with E-state index in [1.807, 2.05) is 11.8 Å². The molecule has 2 nitrogen and oxygen atoms in total. The highest BCUT2D eigenvalue weighted by Gasteiger charge is 2.26. The van der Waals surface area contributed by atoms with E-state index in [0.717, 1.165) is 11.5 Å². The Balaban J connectivity index is 2.35. The topological polar surface area (TPSA) is 29.1 Å². The predicted molar refractivity (Wildman–Crippen MR) is 53.7 cm³/mol. The van der Waals surface area contributed by atoms with E-state index in [2.05, 4.69) is 12.2 Å². The number of rotatable bonds is 2. The maximum atomic E-state index is 11.2. The molecule has 1 N–H and O–H groups in total. The van der Waals surface area contributed by atoms with Crippen molar-refractivity contribution in [1.29, 1.82) is 0 Å². The Kier molecular flexibility index (Phi) is 3.72. The van der Waals surface area contributed by atoms with Crippen LogP contribution in [-0.4, -0.2) is 28.8 Å². The molecule has 3 unspecified atom stereocenters. The number of thioether (sulfide) groups is 1. The van der Waals surface area contributed by atoms with Crippen molar-refractivity contribution in [1.82, 2.24) is 5.32 Å². The molecule has 3 atom stereocenters. The standard InChI is InChI=1S/C8H14ClNOS/c1-5-3-12-4-7(5)10-8(11)6(2)9/h5-7H,3-4H2,1-2H3,(H,10,11). The zero-order valence-electron chi connectivity index (χ0n) is 7.34. The monoisotopic (exact) mass is 207 g/mol. The second-order valence-corrected chi connectivity index (χ2v) is 4.98. The molecule has 0 aromatic rings. The van der Waals surface area contributed by atoms with Gasteiger partial charge in [-0.15, -0.1) is 11.6 Å². The van der Waals surface area contributed by atoms with E-state index >= 15 is 0 Å². The van der Waals surface area contributed by atoms with Crippen LogP contribution >= 0.6 is 23.4 Å². The van der Waals surface area contributed by atoms with E-state index in [1.54, 1.807) is 6.92 Å². The quantitative estimate of drug-likeness (QED) is 0.696. The third-order valence-electron chi connectivity index (χ3n) is 2.05. The molecule has 12 heavy (non-hydrogen) atoms. The lowest BCUT2D eigenvalue weighted by molar-refractivity contribution is -0.121. The van der Waals surface area contributed by atoms with Crippen molar-refractivity contribution in [3.63, 3.8) is 0 Å². The minimum absolute atomic E-state index is 0.0454. The van der Waals surface area contributed by atoms with E-state index in [1.165, 1.54) is 0 Å². The van der Waals surface area contributed by atoms with Crippen LogP contribution in [0.1, 0.15) is 13.8 Å². The Labute approximate surface area is 82.4 Å². The van der Waals surface area contributed by atoms with Crippen molar-refractivity contribution < 1.29 is 4.79 Å². The first-order valence-electron chi connectivity index (χ1n) is 4.13. The molecule has 1 heterocycles. The second kappa shape index (κ2) is 4.38. The lowest BCUT2D eigenvalue weighted by Crippen LogP contribution is -2.41. The van der Waals surface area contributed by atoms with Crippen LogP contribution in [0.3, 0.4) is 0 Å². The molecule has 0 radical (unpaired) electrons. The molecule has 1 aliphatic heterocycles. The van der Waals surface area contributed by atoms with Gasteiger partial charge in [0.2, 0.25) is 5.91 Å². The Morgan fingerprint density at radius 2 is 2.33 bits per heavy atom. The first-order valence-corrected chi connectivity index (χ1v) is 5.72. The number of carbonyl (C=O) groups excluding carboxylic acids is 1. The zero-order chi connectivity index (χ0) is 9.14. The fourth-order valence-corrected chi connectivity index (χ4v) is 2.61. The second-order valence-electron chi connectivity index (χ2n) is 3.25. The molecule has 0 bridgehead atoms. The SMILES string of the molecule is CC(Cl)C(=O)NC1CSCC1C. The van der Waals surface area contributed by atoms with Crippen LogP contribution in [0.15, 0.2) is 0 Å². The van der Waals surface area contributed by atoms with E-state index in [9.17, 15) is 4.79 Å². The molecule has 0 aliphatic carbocycles. The van der Waals surface area contributed by atoms with Gasteiger partial charge in [-0.05, 0) is 18.6 Å². The maximum Gasteiger partial charge on any atom is 0.238 e. The van der Waals surface area contributed by atoms with E-state index < -0.39 is 5.38 Å². The zero-order valence-corrected chi connectivity index (χ0v) is 8.91.